The van der Waals surface area contributed by atoms with Crippen LogP contribution in [0.3, 0.4) is 0 Å². The molecule has 5 heteroatoms. The second kappa shape index (κ2) is 5.86. The van der Waals surface area contributed by atoms with Gasteiger partial charge < -0.3 is 10.6 Å². The number of hydrogen-bond acceptors (Lipinski definition) is 5. The fraction of sp³-hybridized carbons (Fsp3) is 0.400. The predicted molar refractivity (Wildman–Crippen MR) is 81.7 cm³/mol. The third-order valence-corrected chi connectivity index (χ3v) is 2.54. The van der Waals surface area contributed by atoms with Crippen LogP contribution in [0.15, 0.2) is 30.6 Å². The molecule has 0 aromatic carbocycles. The van der Waals surface area contributed by atoms with Gasteiger partial charge in [0, 0.05) is 30.5 Å². The smallest absolute Gasteiger partial charge is 0.132 e. The van der Waals surface area contributed by atoms with Gasteiger partial charge in [-0.25, -0.2) is 9.97 Å². The number of hydrogen-bond donors (Lipinski definition) is 2. The van der Waals surface area contributed by atoms with Crippen LogP contribution in [0.25, 0.3) is 0 Å². The molecule has 0 amide bonds. The van der Waals surface area contributed by atoms with E-state index in [-0.39, 0.29) is 5.54 Å². The van der Waals surface area contributed by atoms with Crippen LogP contribution in [-0.4, -0.2) is 20.5 Å². The molecule has 0 saturated carbocycles. The third-order valence-electron chi connectivity index (χ3n) is 2.54. The third kappa shape index (κ3) is 4.50. The highest BCUT2D eigenvalue weighted by Gasteiger charge is 2.11. The zero-order valence-corrected chi connectivity index (χ0v) is 12.4. The largest absolute Gasteiger partial charge is 0.366 e. The number of aryl methyl sites for hydroxylation is 1. The molecule has 2 rings (SSSR count). The van der Waals surface area contributed by atoms with Gasteiger partial charge in [-0.15, -0.1) is 0 Å². The van der Waals surface area contributed by atoms with E-state index >= 15 is 0 Å². The maximum atomic E-state index is 4.40. The van der Waals surface area contributed by atoms with E-state index in [4.69, 9.17) is 0 Å². The lowest BCUT2D eigenvalue weighted by Gasteiger charge is -2.21. The van der Waals surface area contributed by atoms with E-state index in [1.165, 1.54) is 0 Å². The first-order chi connectivity index (χ1) is 9.42. The SMILES string of the molecule is Cc1nc(NCc2cccnc2)cc(NC(C)(C)C)n1. The van der Waals surface area contributed by atoms with E-state index < -0.39 is 0 Å². The molecule has 0 aliphatic carbocycles. The van der Waals surface area contributed by atoms with Crippen LogP contribution in [0.1, 0.15) is 32.2 Å². The zero-order valence-electron chi connectivity index (χ0n) is 12.4. The monoisotopic (exact) mass is 271 g/mol. The maximum absolute atomic E-state index is 4.40. The van der Waals surface area contributed by atoms with Gasteiger partial charge in [-0.1, -0.05) is 6.07 Å². The molecular weight excluding hydrogens is 250 g/mol. The van der Waals surface area contributed by atoms with Crippen LogP contribution in [0, 0.1) is 6.92 Å². The molecule has 0 radical (unpaired) electrons. The molecule has 20 heavy (non-hydrogen) atoms. The molecule has 0 saturated heterocycles. The second-order valence-corrected chi connectivity index (χ2v) is 5.78. The Morgan fingerprint density at radius 1 is 1.15 bits per heavy atom. The summed E-state index contributed by atoms with van der Waals surface area (Å²) in [5.74, 6) is 2.39. The van der Waals surface area contributed by atoms with Crippen molar-refractivity contribution in [2.75, 3.05) is 10.6 Å². The number of anilines is 2. The molecule has 0 aliphatic heterocycles. The van der Waals surface area contributed by atoms with Gasteiger partial charge in [0.15, 0.2) is 0 Å². The molecule has 0 unspecified atom stereocenters. The molecule has 0 aliphatic rings. The van der Waals surface area contributed by atoms with Gasteiger partial charge in [0.1, 0.15) is 17.5 Å². The number of pyridine rings is 1. The molecule has 0 atom stereocenters. The summed E-state index contributed by atoms with van der Waals surface area (Å²) in [6.07, 6.45) is 3.61. The molecule has 2 N–H and O–H groups in total. The van der Waals surface area contributed by atoms with Crippen molar-refractivity contribution in [3.63, 3.8) is 0 Å². The molecule has 2 heterocycles. The first kappa shape index (κ1) is 14.2. The van der Waals surface area contributed by atoms with Crippen molar-refractivity contribution in [1.82, 2.24) is 15.0 Å². The topological polar surface area (TPSA) is 62.7 Å². The molecule has 5 nitrogen and oxygen atoms in total. The Hall–Kier alpha value is -2.17. The minimum absolute atomic E-state index is 0.0264. The molecule has 106 valence electrons. The number of aromatic nitrogens is 3. The normalized spacial score (nSPS) is 11.2. The van der Waals surface area contributed by atoms with Gasteiger partial charge in [0.2, 0.25) is 0 Å². The summed E-state index contributed by atoms with van der Waals surface area (Å²) in [6.45, 7) is 8.90. The molecular formula is C15H21N5. The van der Waals surface area contributed by atoms with Crippen molar-refractivity contribution >= 4 is 11.6 Å². The van der Waals surface area contributed by atoms with Gasteiger partial charge in [0.05, 0.1) is 0 Å². The molecule has 2 aromatic rings. The van der Waals surface area contributed by atoms with Gasteiger partial charge in [0.25, 0.3) is 0 Å². The van der Waals surface area contributed by atoms with E-state index in [0.29, 0.717) is 6.54 Å². The number of rotatable bonds is 4. The summed E-state index contributed by atoms with van der Waals surface area (Å²) in [5, 5.41) is 6.65. The van der Waals surface area contributed by atoms with Crippen LogP contribution in [0.5, 0.6) is 0 Å². The van der Waals surface area contributed by atoms with Crippen molar-refractivity contribution < 1.29 is 0 Å². The standard InChI is InChI=1S/C15H21N5/c1-11-18-13(8-14(19-11)20-15(2,3)4)17-10-12-6-5-7-16-9-12/h5-9H,10H2,1-4H3,(H2,17,18,19,20). The fourth-order valence-electron chi connectivity index (χ4n) is 1.80. The van der Waals surface area contributed by atoms with E-state index in [0.717, 1.165) is 23.0 Å². The van der Waals surface area contributed by atoms with Crippen molar-refractivity contribution in [2.45, 2.75) is 39.8 Å². The van der Waals surface area contributed by atoms with Gasteiger partial charge in [-0.3, -0.25) is 4.98 Å². The highest BCUT2D eigenvalue weighted by molar-refractivity contribution is 5.48. The Bertz CT molecular complexity index is 560. The number of nitrogens with zero attached hydrogens (tertiary/aromatic N) is 3. The average Bonchev–Trinajstić information content (AvgIpc) is 2.35. The van der Waals surface area contributed by atoms with E-state index in [2.05, 4.69) is 46.4 Å². The summed E-state index contributed by atoms with van der Waals surface area (Å²) >= 11 is 0. The van der Waals surface area contributed by atoms with Crippen molar-refractivity contribution in [3.8, 4) is 0 Å². The molecule has 0 spiro atoms. The second-order valence-electron chi connectivity index (χ2n) is 5.78. The minimum atomic E-state index is -0.0264. The Balaban J connectivity index is 2.08. The first-order valence-electron chi connectivity index (χ1n) is 6.69. The summed E-state index contributed by atoms with van der Waals surface area (Å²) in [4.78, 5) is 12.9. The van der Waals surface area contributed by atoms with Gasteiger partial charge >= 0.3 is 0 Å². The van der Waals surface area contributed by atoms with Gasteiger partial charge in [-0.05, 0) is 39.3 Å². The minimum Gasteiger partial charge on any atom is -0.366 e. The average molecular weight is 271 g/mol. The van der Waals surface area contributed by atoms with Gasteiger partial charge in [-0.2, -0.15) is 0 Å². The van der Waals surface area contributed by atoms with E-state index in [1.54, 1.807) is 6.20 Å². The summed E-state index contributed by atoms with van der Waals surface area (Å²) in [5.41, 5.74) is 1.09. The Morgan fingerprint density at radius 3 is 2.55 bits per heavy atom. The quantitative estimate of drug-likeness (QED) is 0.895. The van der Waals surface area contributed by atoms with Crippen LogP contribution < -0.4 is 10.6 Å². The predicted octanol–water partition coefficient (Wildman–Crippen LogP) is 3.00. The van der Waals surface area contributed by atoms with E-state index in [9.17, 15) is 0 Å². The van der Waals surface area contributed by atoms with Crippen molar-refractivity contribution in [1.29, 1.82) is 0 Å². The lowest BCUT2D eigenvalue weighted by atomic mass is 10.1. The Morgan fingerprint density at radius 2 is 1.90 bits per heavy atom. The zero-order chi connectivity index (χ0) is 14.6. The fourth-order valence-corrected chi connectivity index (χ4v) is 1.80. The van der Waals surface area contributed by atoms with E-state index in [1.807, 2.05) is 31.3 Å². The van der Waals surface area contributed by atoms with Crippen molar-refractivity contribution in [2.24, 2.45) is 0 Å². The van der Waals surface area contributed by atoms with Crippen LogP contribution in [0.4, 0.5) is 11.6 Å². The molecule has 0 bridgehead atoms. The Kier molecular flexibility index (Phi) is 4.17. The highest BCUT2D eigenvalue weighted by atomic mass is 15.1. The summed E-state index contributed by atoms with van der Waals surface area (Å²) < 4.78 is 0. The molecule has 0 fully saturated rings. The van der Waals surface area contributed by atoms with Crippen LogP contribution in [0.2, 0.25) is 0 Å². The number of nitrogens with one attached hydrogen (secondary N) is 2. The summed E-state index contributed by atoms with van der Waals surface area (Å²) in [7, 11) is 0. The lowest BCUT2D eigenvalue weighted by molar-refractivity contribution is 0.629. The van der Waals surface area contributed by atoms with Crippen molar-refractivity contribution in [3.05, 3.63) is 42.0 Å². The Labute approximate surface area is 119 Å². The first-order valence-corrected chi connectivity index (χ1v) is 6.69. The maximum Gasteiger partial charge on any atom is 0.132 e. The van der Waals surface area contributed by atoms with Crippen LogP contribution >= 0.6 is 0 Å². The molecule has 2 aromatic heterocycles. The lowest BCUT2D eigenvalue weighted by Crippen LogP contribution is -2.27. The highest BCUT2D eigenvalue weighted by Crippen LogP contribution is 2.16. The van der Waals surface area contributed by atoms with Crippen LogP contribution in [-0.2, 0) is 6.54 Å². The summed E-state index contributed by atoms with van der Waals surface area (Å²) in [6, 6.07) is 5.88.